The summed E-state index contributed by atoms with van der Waals surface area (Å²) in [6.45, 7) is 2.45. The molecule has 1 saturated carbocycles. The lowest BCUT2D eigenvalue weighted by Crippen LogP contribution is -2.37. The third-order valence-corrected chi connectivity index (χ3v) is 6.48. The summed E-state index contributed by atoms with van der Waals surface area (Å²) in [5, 5.41) is -0.245. The Morgan fingerprint density at radius 1 is 1.21 bits per heavy atom. The molecular weight excluding hydrogens is 258 g/mol. The summed E-state index contributed by atoms with van der Waals surface area (Å²) in [6.07, 6.45) is 3.84. The van der Waals surface area contributed by atoms with Crippen LogP contribution in [0.25, 0.3) is 0 Å². The number of benzene rings is 1. The molecule has 2 atom stereocenters. The number of aryl methyl sites for hydroxylation is 1. The second kappa shape index (κ2) is 6.06. The van der Waals surface area contributed by atoms with Gasteiger partial charge in [-0.2, -0.15) is 0 Å². The van der Waals surface area contributed by atoms with Crippen molar-refractivity contribution in [1.29, 1.82) is 0 Å². The Bertz CT molecular complexity index is 525. The van der Waals surface area contributed by atoms with Crippen LogP contribution in [-0.4, -0.2) is 20.2 Å². The molecule has 3 nitrogen and oxygen atoms in total. The molecule has 106 valence electrons. The molecule has 1 aliphatic rings. The van der Waals surface area contributed by atoms with Crippen LogP contribution in [0.4, 0.5) is 0 Å². The smallest absolute Gasteiger partial charge is 0.157 e. The normalized spacial score (nSPS) is 24.3. The third-order valence-electron chi connectivity index (χ3n) is 4.22. The van der Waals surface area contributed by atoms with Crippen molar-refractivity contribution >= 4 is 9.84 Å². The van der Waals surface area contributed by atoms with Crippen molar-refractivity contribution in [3.8, 4) is 0 Å². The molecule has 0 spiro atoms. The molecule has 4 heteroatoms. The highest BCUT2D eigenvalue weighted by molar-refractivity contribution is 7.91. The summed E-state index contributed by atoms with van der Waals surface area (Å²) in [4.78, 5) is 0. The van der Waals surface area contributed by atoms with Crippen LogP contribution in [0.2, 0.25) is 0 Å². The van der Waals surface area contributed by atoms with Gasteiger partial charge in [-0.05, 0) is 43.4 Å². The van der Waals surface area contributed by atoms with E-state index >= 15 is 0 Å². The van der Waals surface area contributed by atoms with Gasteiger partial charge < -0.3 is 5.73 Å². The molecule has 1 aliphatic carbocycles. The van der Waals surface area contributed by atoms with E-state index in [1.54, 1.807) is 0 Å². The standard InChI is InChI=1S/C15H23NO2S/c1-12-6-2-3-8-14(12)11-19(17,18)15-9-5-4-7-13(15)10-16/h2-3,6,8,13,15H,4-5,7,9-11,16H2,1H3. The molecule has 1 aromatic rings. The summed E-state index contributed by atoms with van der Waals surface area (Å²) < 4.78 is 25.2. The van der Waals surface area contributed by atoms with Crippen molar-refractivity contribution in [2.75, 3.05) is 6.54 Å². The van der Waals surface area contributed by atoms with Gasteiger partial charge in [-0.15, -0.1) is 0 Å². The lowest BCUT2D eigenvalue weighted by Gasteiger charge is -2.30. The Morgan fingerprint density at radius 2 is 1.89 bits per heavy atom. The molecule has 0 aromatic heterocycles. The molecule has 0 radical (unpaired) electrons. The summed E-state index contributed by atoms with van der Waals surface area (Å²) in [7, 11) is -3.10. The molecule has 2 rings (SSSR count). The van der Waals surface area contributed by atoms with Crippen LogP contribution in [0.3, 0.4) is 0 Å². The third kappa shape index (κ3) is 3.37. The summed E-state index contributed by atoms with van der Waals surface area (Å²) in [6, 6.07) is 7.72. The average molecular weight is 281 g/mol. The first-order valence-corrected chi connectivity index (χ1v) is 8.72. The summed E-state index contributed by atoms with van der Waals surface area (Å²) in [5.74, 6) is 0.295. The SMILES string of the molecule is Cc1ccccc1CS(=O)(=O)C1CCCCC1CN. The molecule has 0 bridgehead atoms. The Balaban J connectivity index is 2.20. The predicted octanol–water partition coefficient (Wildman–Crippen LogP) is 2.43. The number of sulfone groups is 1. The van der Waals surface area contributed by atoms with Gasteiger partial charge >= 0.3 is 0 Å². The Morgan fingerprint density at radius 3 is 2.58 bits per heavy atom. The number of nitrogens with two attached hydrogens (primary N) is 1. The van der Waals surface area contributed by atoms with Crippen molar-refractivity contribution in [3.05, 3.63) is 35.4 Å². The quantitative estimate of drug-likeness (QED) is 0.922. The molecule has 0 heterocycles. The molecule has 1 aromatic carbocycles. The first kappa shape index (κ1) is 14.5. The van der Waals surface area contributed by atoms with E-state index in [0.29, 0.717) is 6.54 Å². The summed E-state index contributed by atoms with van der Waals surface area (Å²) in [5.41, 5.74) is 7.72. The van der Waals surface area contributed by atoms with E-state index in [4.69, 9.17) is 5.73 Å². The second-order valence-corrected chi connectivity index (χ2v) is 7.77. The minimum Gasteiger partial charge on any atom is -0.330 e. The molecule has 1 fully saturated rings. The van der Waals surface area contributed by atoms with Crippen molar-refractivity contribution in [1.82, 2.24) is 0 Å². The highest BCUT2D eigenvalue weighted by Crippen LogP contribution is 2.31. The maximum atomic E-state index is 12.6. The second-order valence-electron chi connectivity index (χ2n) is 5.55. The van der Waals surface area contributed by atoms with E-state index in [0.717, 1.165) is 36.8 Å². The van der Waals surface area contributed by atoms with E-state index in [-0.39, 0.29) is 16.9 Å². The zero-order valence-corrected chi connectivity index (χ0v) is 12.3. The summed E-state index contributed by atoms with van der Waals surface area (Å²) >= 11 is 0. The molecule has 2 N–H and O–H groups in total. The van der Waals surface area contributed by atoms with Crippen LogP contribution in [-0.2, 0) is 15.6 Å². The van der Waals surface area contributed by atoms with Crippen molar-refractivity contribution in [3.63, 3.8) is 0 Å². The number of hydrogen-bond donors (Lipinski definition) is 1. The first-order chi connectivity index (χ1) is 9.04. The average Bonchev–Trinajstić information content (AvgIpc) is 2.41. The maximum absolute atomic E-state index is 12.6. The van der Waals surface area contributed by atoms with Gasteiger partial charge in [0, 0.05) is 0 Å². The van der Waals surface area contributed by atoms with Gasteiger partial charge in [0.2, 0.25) is 0 Å². The highest BCUT2D eigenvalue weighted by atomic mass is 32.2. The predicted molar refractivity (Wildman–Crippen MR) is 78.6 cm³/mol. The molecule has 19 heavy (non-hydrogen) atoms. The van der Waals surface area contributed by atoms with Crippen LogP contribution in [0.1, 0.15) is 36.8 Å². The fourth-order valence-electron chi connectivity index (χ4n) is 3.01. The van der Waals surface area contributed by atoms with Gasteiger partial charge in [-0.25, -0.2) is 8.42 Å². The van der Waals surface area contributed by atoms with Gasteiger partial charge in [0.05, 0.1) is 11.0 Å². The van der Waals surface area contributed by atoms with Crippen LogP contribution in [0.5, 0.6) is 0 Å². The maximum Gasteiger partial charge on any atom is 0.157 e. The minimum atomic E-state index is -3.10. The molecule has 0 amide bonds. The van der Waals surface area contributed by atoms with Crippen molar-refractivity contribution in [2.24, 2.45) is 11.7 Å². The van der Waals surface area contributed by atoms with Crippen molar-refractivity contribution < 1.29 is 8.42 Å². The molecule has 0 aliphatic heterocycles. The lowest BCUT2D eigenvalue weighted by atomic mass is 9.89. The van der Waals surface area contributed by atoms with Crippen LogP contribution < -0.4 is 5.73 Å². The van der Waals surface area contributed by atoms with Crippen LogP contribution in [0, 0.1) is 12.8 Å². The molecule has 0 saturated heterocycles. The van der Waals surface area contributed by atoms with E-state index in [2.05, 4.69) is 0 Å². The van der Waals surface area contributed by atoms with Crippen LogP contribution in [0.15, 0.2) is 24.3 Å². The van der Waals surface area contributed by atoms with Crippen LogP contribution >= 0.6 is 0 Å². The monoisotopic (exact) mass is 281 g/mol. The van der Waals surface area contributed by atoms with Crippen molar-refractivity contribution in [2.45, 2.75) is 43.6 Å². The van der Waals surface area contributed by atoms with Gasteiger partial charge in [0.25, 0.3) is 0 Å². The highest BCUT2D eigenvalue weighted by Gasteiger charge is 2.34. The van der Waals surface area contributed by atoms with Gasteiger partial charge in [0.1, 0.15) is 0 Å². The Hall–Kier alpha value is -0.870. The fraction of sp³-hybridized carbons (Fsp3) is 0.600. The van der Waals surface area contributed by atoms with E-state index in [1.807, 2.05) is 31.2 Å². The molecular formula is C15H23NO2S. The minimum absolute atomic E-state index is 0.141. The lowest BCUT2D eigenvalue weighted by molar-refractivity contribution is 0.363. The Labute approximate surface area is 116 Å². The largest absolute Gasteiger partial charge is 0.330 e. The number of hydrogen-bond acceptors (Lipinski definition) is 3. The van der Waals surface area contributed by atoms with E-state index in [1.165, 1.54) is 0 Å². The van der Waals surface area contributed by atoms with Gasteiger partial charge in [-0.1, -0.05) is 37.1 Å². The van der Waals surface area contributed by atoms with Gasteiger partial charge in [0.15, 0.2) is 9.84 Å². The zero-order chi connectivity index (χ0) is 13.9. The fourth-order valence-corrected chi connectivity index (χ4v) is 5.34. The van der Waals surface area contributed by atoms with E-state index in [9.17, 15) is 8.42 Å². The van der Waals surface area contributed by atoms with E-state index < -0.39 is 9.84 Å². The Kier molecular flexibility index (Phi) is 4.63. The first-order valence-electron chi connectivity index (χ1n) is 7.00. The topological polar surface area (TPSA) is 60.2 Å². The number of rotatable bonds is 4. The van der Waals surface area contributed by atoms with Gasteiger partial charge in [-0.3, -0.25) is 0 Å². The zero-order valence-electron chi connectivity index (χ0n) is 11.5. The molecule has 2 unspecified atom stereocenters.